The highest BCUT2D eigenvalue weighted by molar-refractivity contribution is 5.86. The Hall–Kier alpha value is -1.64. The second-order valence-corrected chi connectivity index (χ2v) is 4.78. The molecule has 1 aromatic carbocycles. The van der Waals surface area contributed by atoms with E-state index in [1.807, 2.05) is 0 Å². The SMILES string of the molecule is CC1(c2c[nH]c(=O)c3cc(F)ccc23)CC1. The lowest BCUT2D eigenvalue weighted by Crippen LogP contribution is -2.11. The molecule has 1 saturated carbocycles. The highest BCUT2D eigenvalue weighted by Crippen LogP contribution is 2.49. The van der Waals surface area contributed by atoms with Crippen LogP contribution in [0.3, 0.4) is 0 Å². The molecule has 1 fully saturated rings. The molecule has 0 bridgehead atoms. The van der Waals surface area contributed by atoms with Gasteiger partial charge in [0.1, 0.15) is 5.82 Å². The summed E-state index contributed by atoms with van der Waals surface area (Å²) in [5.41, 5.74) is 1.07. The lowest BCUT2D eigenvalue weighted by atomic mass is 9.95. The summed E-state index contributed by atoms with van der Waals surface area (Å²) in [5, 5.41) is 1.33. The Morgan fingerprint density at radius 1 is 1.31 bits per heavy atom. The lowest BCUT2D eigenvalue weighted by Gasteiger charge is -2.11. The van der Waals surface area contributed by atoms with Crippen molar-refractivity contribution in [2.24, 2.45) is 0 Å². The van der Waals surface area contributed by atoms with Crippen LogP contribution in [0.25, 0.3) is 10.8 Å². The normalized spacial score (nSPS) is 17.6. The molecule has 1 aliphatic rings. The van der Waals surface area contributed by atoms with Crippen LogP contribution in [-0.4, -0.2) is 4.98 Å². The van der Waals surface area contributed by atoms with Crippen LogP contribution in [0, 0.1) is 5.82 Å². The molecule has 0 radical (unpaired) electrons. The Kier molecular flexibility index (Phi) is 1.76. The van der Waals surface area contributed by atoms with Crippen molar-refractivity contribution in [3.05, 3.63) is 46.1 Å². The minimum absolute atomic E-state index is 0.167. The van der Waals surface area contributed by atoms with E-state index in [1.165, 1.54) is 12.1 Å². The molecule has 16 heavy (non-hydrogen) atoms. The van der Waals surface area contributed by atoms with Gasteiger partial charge in [-0.2, -0.15) is 0 Å². The number of hydrogen-bond donors (Lipinski definition) is 1. The number of rotatable bonds is 1. The second-order valence-electron chi connectivity index (χ2n) is 4.78. The Morgan fingerprint density at radius 2 is 2.06 bits per heavy atom. The largest absolute Gasteiger partial charge is 0.328 e. The zero-order valence-corrected chi connectivity index (χ0v) is 9.01. The van der Waals surface area contributed by atoms with Crippen molar-refractivity contribution in [2.45, 2.75) is 25.2 Å². The van der Waals surface area contributed by atoms with Crippen LogP contribution in [0.4, 0.5) is 4.39 Å². The van der Waals surface area contributed by atoms with E-state index in [-0.39, 0.29) is 16.8 Å². The van der Waals surface area contributed by atoms with Crippen molar-refractivity contribution in [1.29, 1.82) is 0 Å². The predicted molar refractivity (Wildman–Crippen MR) is 61.1 cm³/mol. The third kappa shape index (κ3) is 1.28. The van der Waals surface area contributed by atoms with E-state index in [0.717, 1.165) is 23.8 Å². The van der Waals surface area contributed by atoms with Gasteiger partial charge in [0, 0.05) is 6.20 Å². The molecule has 2 aromatic rings. The van der Waals surface area contributed by atoms with Gasteiger partial charge in [-0.3, -0.25) is 4.79 Å². The topological polar surface area (TPSA) is 32.9 Å². The van der Waals surface area contributed by atoms with Crippen LogP contribution in [0.15, 0.2) is 29.2 Å². The monoisotopic (exact) mass is 217 g/mol. The van der Waals surface area contributed by atoms with Crippen molar-refractivity contribution in [1.82, 2.24) is 4.98 Å². The van der Waals surface area contributed by atoms with E-state index in [9.17, 15) is 9.18 Å². The fourth-order valence-corrected chi connectivity index (χ4v) is 2.19. The van der Waals surface area contributed by atoms with E-state index in [4.69, 9.17) is 0 Å². The Labute approximate surface area is 92.1 Å². The van der Waals surface area contributed by atoms with Gasteiger partial charge < -0.3 is 4.98 Å². The number of hydrogen-bond acceptors (Lipinski definition) is 1. The van der Waals surface area contributed by atoms with Crippen molar-refractivity contribution < 1.29 is 4.39 Å². The van der Waals surface area contributed by atoms with Crippen LogP contribution in [0.1, 0.15) is 25.3 Å². The number of halogens is 1. The molecule has 0 spiro atoms. The molecule has 0 unspecified atom stereocenters. The molecule has 1 aromatic heterocycles. The molecule has 1 heterocycles. The number of aromatic amines is 1. The van der Waals surface area contributed by atoms with Crippen LogP contribution < -0.4 is 5.56 Å². The van der Waals surface area contributed by atoms with Crippen molar-refractivity contribution in [2.75, 3.05) is 0 Å². The first-order valence-corrected chi connectivity index (χ1v) is 5.42. The first kappa shape index (κ1) is 9.58. The third-order valence-corrected chi connectivity index (χ3v) is 3.51. The van der Waals surface area contributed by atoms with Gasteiger partial charge in [-0.05, 0) is 41.3 Å². The molecule has 0 aliphatic heterocycles. The summed E-state index contributed by atoms with van der Waals surface area (Å²) >= 11 is 0. The maximum absolute atomic E-state index is 13.1. The second kappa shape index (κ2) is 2.94. The smallest absolute Gasteiger partial charge is 0.255 e. The van der Waals surface area contributed by atoms with Crippen LogP contribution in [-0.2, 0) is 5.41 Å². The maximum Gasteiger partial charge on any atom is 0.255 e. The van der Waals surface area contributed by atoms with Crippen molar-refractivity contribution in [3.8, 4) is 0 Å². The number of nitrogens with one attached hydrogen (secondary N) is 1. The molecular weight excluding hydrogens is 205 g/mol. The average molecular weight is 217 g/mol. The van der Waals surface area contributed by atoms with E-state index in [2.05, 4.69) is 11.9 Å². The van der Waals surface area contributed by atoms with Crippen LogP contribution in [0.2, 0.25) is 0 Å². The average Bonchev–Trinajstić information content (AvgIpc) is 2.99. The fourth-order valence-electron chi connectivity index (χ4n) is 2.19. The lowest BCUT2D eigenvalue weighted by molar-refractivity contribution is 0.629. The Bertz CT molecular complexity index is 625. The fraction of sp³-hybridized carbons (Fsp3) is 0.308. The number of aromatic nitrogens is 1. The van der Waals surface area contributed by atoms with Gasteiger partial charge in [-0.15, -0.1) is 0 Å². The highest BCUT2D eigenvalue weighted by Gasteiger charge is 2.40. The van der Waals surface area contributed by atoms with Crippen LogP contribution >= 0.6 is 0 Å². The number of pyridine rings is 1. The highest BCUT2D eigenvalue weighted by atomic mass is 19.1. The Balaban J connectivity index is 2.40. The Morgan fingerprint density at radius 3 is 2.75 bits per heavy atom. The van der Waals surface area contributed by atoms with Gasteiger partial charge in [0.25, 0.3) is 5.56 Å². The van der Waals surface area contributed by atoms with Gasteiger partial charge in [-0.25, -0.2) is 4.39 Å². The number of H-pyrrole nitrogens is 1. The summed E-state index contributed by atoms with van der Waals surface area (Å²) in [6.45, 7) is 2.17. The zero-order chi connectivity index (χ0) is 11.3. The van der Waals surface area contributed by atoms with Gasteiger partial charge in [0.2, 0.25) is 0 Å². The summed E-state index contributed by atoms with van der Waals surface area (Å²) in [7, 11) is 0. The predicted octanol–water partition coefficient (Wildman–Crippen LogP) is 2.72. The van der Waals surface area contributed by atoms with Crippen molar-refractivity contribution >= 4 is 10.8 Å². The molecule has 3 rings (SSSR count). The summed E-state index contributed by atoms with van der Waals surface area (Å²) < 4.78 is 13.1. The molecule has 82 valence electrons. The van der Waals surface area contributed by atoms with E-state index >= 15 is 0 Å². The molecule has 3 heteroatoms. The summed E-state index contributed by atoms with van der Waals surface area (Å²) in [6.07, 6.45) is 4.03. The van der Waals surface area contributed by atoms with Gasteiger partial charge in [0.15, 0.2) is 0 Å². The van der Waals surface area contributed by atoms with Gasteiger partial charge in [-0.1, -0.05) is 13.0 Å². The minimum atomic E-state index is -0.365. The van der Waals surface area contributed by atoms with E-state index in [1.54, 1.807) is 12.3 Å². The molecular formula is C13H12FNO. The molecule has 1 N–H and O–H groups in total. The molecule has 0 atom stereocenters. The summed E-state index contributed by atoms with van der Waals surface area (Å²) in [5.74, 6) is -0.365. The molecule has 1 aliphatic carbocycles. The van der Waals surface area contributed by atoms with E-state index in [0.29, 0.717) is 5.39 Å². The summed E-state index contributed by atoms with van der Waals surface area (Å²) in [4.78, 5) is 14.3. The van der Waals surface area contributed by atoms with Crippen LogP contribution in [0.5, 0.6) is 0 Å². The number of fused-ring (bicyclic) bond motifs is 1. The van der Waals surface area contributed by atoms with Crippen molar-refractivity contribution in [3.63, 3.8) is 0 Å². The standard InChI is InChI=1S/C13H12FNO/c1-13(4-5-13)11-7-15-12(16)10-6-8(14)2-3-9(10)11/h2-3,6-7H,4-5H2,1H3,(H,15,16). The van der Waals surface area contributed by atoms with Gasteiger partial charge >= 0.3 is 0 Å². The quantitative estimate of drug-likeness (QED) is 0.782. The first-order chi connectivity index (χ1) is 7.60. The van der Waals surface area contributed by atoms with E-state index < -0.39 is 0 Å². The molecule has 0 amide bonds. The summed E-state index contributed by atoms with van der Waals surface area (Å²) in [6, 6.07) is 4.43. The maximum atomic E-state index is 13.1. The number of benzene rings is 1. The molecule has 0 saturated heterocycles. The third-order valence-electron chi connectivity index (χ3n) is 3.51. The minimum Gasteiger partial charge on any atom is -0.328 e. The first-order valence-electron chi connectivity index (χ1n) is 5.42. The molecule has 2 nitrogen and oxygen atoms in total. The zero-order valence-electron chi connectivity index (χ0n) is 9.01. The van der Waals surface area contributed by atoms with Gasteiger partial charge in [0.05, 0.1) is 5.39 Å².